The molecule has 0 unspecified atom stereocenters. The Labute approximate surface area is 372 Å². The maximum atomic E-state index is 6.90. The molecule has 0 spiro atoms. The van der Waals surface area contributed by atoms with Crippen LogP contribution >= 0.6 is 0 Å². The van der Waals surface area contributed by atoms with Crippen LogP contribution in [-0.4, -0.2) is 11.4 Å². The maximum Gasteiger partial charge on any atom is 0.333 e. The lowest BCUT2D eigenvalue weighted by Gasteiger charge is -2.42. The largest absolute Gasteiger partial charge is 0.456 e. The molecule has 8 aromatic carbocycles. The predicted octanol–water partition coefficient (Wildman–Crippen LogP) is 14.7. The smallest absolute Gasteiger partial charge is 0.333 e. The molecule has 0 amide bonds. The van der Waals surface area contributed by atoms with Crippen LogP contribution in [0.1, 0.15) is 77.6 Å². The van der Waals surface area contributed by atoms with E-state index < -0.39 is 0 Å². The Morgan fingerprint density at radius 3 is 1.95 bits per heavy atom. The summed E-state index contributed by atoms with van der Waals surface area (Å²) < 4.78 is 16.1. The second kappa shape index (κ2) is 11.8. The van der Waals surface area contributed by atoms with Gasteiger partial charge in [-0.2, -0.15) is 0 Å². The summed E-state index contributed by atoms with van der Waals surface area (Å²) in [5, 5.41) is 7.08. The maximum absolute atomic E-state index is 6.90. The fourth-order valence-electron chi connectivity index (χ4n) is 11.9. The minimum absolute atomic E-state index is 0.00677. The lowest BCUT2D eigenvalue weighted by molar-refractivity contribution is 0.587. The van der Waals surface area contributed by atoms with Crippen molar-refractivity contribution in [2.24, 2.45) is 0 Å². The molecule has 4 nitrogen and oxygen atoms in total. The number of benzene rings is 8. The van der Waals surface area contributed by atoms with Gasteiger partial charge in [-0.1, -0.05) is 140 Å². The molecule has 0 bridgehead atoms. The summed E-state index contributed by atoms with van der Waals surface area (Å²) in [6.07, 6.45) is 0. The molecule has 0 saturated heterocycles. The van der Waals surface area contributed by atoms with E-state index in [0.29, 0.717) is 0 Å². The van der Waals surface area contributed by atoms with Crippen LogP contribution in [0.3, 0.4) is 0 Å². The third-order valence-corrected chi connectivity index (χ3v) is 15.3. The van der Waals surface area contributed by atoms with Gasteiger partial charge in [-0.15, -0.1) is 0 Å². The lowest BCUT2D eigenvalue weighted by atomic mass is 9.43. The van der Waals surface area contributed by atoms with Crippen molar-refractivity contribution in [1.29, 1.82) is 0 Å². The van der Waals surface area contributed by atoms with Crippen molar-refractivity contribution in [3.05, 3.63) is 162 Å². The molecule has 2 aliphatic heterocycles. The SMILES string of the molecule is CC(C)(C)c1ccc(N2B3c4cc5c(cc4-n4c6cc7oc8ccccc8c7cc6c6ccc(c3c64)-c3cc4c(cc32)oc2cc(C(C)(C)C)ccc24)-c2ccccc2C5(C)C)cc1. The molecule has 0 atom stereocenters. The first kappa shape index (κ1) is 36.5. The zero-order valence-electron chi connectivity index (χ0n) is 37.6. The summed E-state index contributed by atoms with van der Waals surface area (Å²) in [6.45, 7) is 18.4. The summed E-state index contributed by atoms with van der Waals surface area (Å²) in [6, 6.07) is 53.0. The van der Waals surface area contributed by atoms with Crippen molar-refractivity contribution in [2.75, 3.05) is 4.81 Å². The molecule has 1 aliphatic carbocycles. The van der Waals surface area contributed by atoms with E-state index >= 15 is 0 Å². The number of fused-ring (bicyclic) bond motifs is 17. The van der Waals surface area contributed by atoms with Crippen LogP contribution < -0.4 is 15.7 Å². The van der Waals surface area contributed by atoms with Gasteiger partial charge in [0, 0.05) is 72.5 Å². The average Bonchev–Trinajstić information content (AvgIpc) is 3.99. The first-order chi connectivity index (χ1) is 30.7. The minimum Gasteiger partial charge on any atom is -0.456 e. The van der Waals surface area contributed by atoms with Gasteiger partial charge in [0.05, 0.1) is 11.0 Å². The lowest BCUT2D eigenvalue weighted by Crippen LogP contribution is -2.60. The second-order valence-corrected chi connectivity index (χ2v) is 21.3. The van der Waals surface area contributed by atoms with Crippen molar-refractivity contribution in [3.63, 3.8) is 0 Å². The van der Waals surface area contributed by atoms with E-state index in [1.54, 1.807) is 0 Å². The van der Waals surface area contributed by atoms with Crippen LogP contribution in [0.25, 0.3) is 93.6 Å². The normalized spacial score (nSPS) is 14.9. The van der Waals surface area contributed by atoms with Crippen molar-refractivity contribution in [3.8, 4) is 27.9 Å². The van der Waals surface area contributed by atoms with E-state index in [2.05, 4.69) is 204 Å². The highest BCUT2D eigenvalue weighted by molar-refractivity contribution is 6.93. The van der Waals surface area contributed by atoms with Gasteiger partial charge in [0.1, 0.15) is 22.3 Å². The summed E-state index contributed by atoms with van der Waals surface area (Å²) in [4.78, 5) is 2.64. The number of rotatable bonds is 1. The Bertz CT molecular complexity index is 3900. The molecule has 0 N–H and O–H groups in total. The number of hydrogen-bond donors (Lipinski definition) is 0. The van der Waals surface area contributed by atoms with Crippen LogP contribution in [0.15, 0.2) is 148 Å². The van der Waals surface area contributed by atoms with Crippen molar-refractivity contribution < 1.29 is 8.83 Å². The van der Waals surface area contributed by atoms with E-state index in [0.717, 1.165) is 60.8 Å². The van der Waals surface area contributed by atoms with Gasteiger partial charge in [0.15, 0.2) is 0 Å². The van der Waals surface area contributed by atoms with Gasteiger partial charge in [-0.3, -0.25) is 0 Å². The van der Waals surface area contributed by atoms with Crippen LogP contribution in [0.2, 0.25) is 0 Å². The molecule has 11 aromatic rings. The molecule has 3 aliphatic rings. The van der Waals surface area contributed by atoms with Gasteiger partial charge in [-0.05, 0) is 103 Å². The Morgan fingerprint density at radius 1 is 0.469 bits per heavy atom. The zero-order valence-corrected chi connectivity index (χ0v) is 37.6. The van der Waals surface area contributed by atoms with Crippen LogP contribution in [0.5, 0.6) is 0 Å². The predicted molar refractivity (Wildman–Crippen MR) is 269 cm³/mol. The molecule has 3 aromatic heterocycles. The monoisotopic (exact) mass is 826 g/mol. The first-order valence-electron chi connectivity index (χ1n) is 22.9. The standard InChI is InChI=1S/C59H47BN2O2/c1-57(2,3)32-17-20-34(21-18-32)62-49-31-54-44(37-22-19-33(58(4,5)6)25-52(37)64-54)26-41(49)38-23-24-39-42-27-43-36-14-10-12-16-51(36)63-53(43)30-48(42)61-50-28-40-35-13-9-11-15-45(35)59(7,8)46(40)29-47(50)60(62)55(38)56(39)61/h9-31H,1-8H3. The second-order valence-electron chi connectivity index (χ2n) is 21.3. The topological polar surface area (TPSA) is 34.5 Å². The van der Waals surface area contributed by atoms with Gasteiger partial charge in [0.2, 0.25) is 0 Å². The first-order valence-corrected chi connectivity index (χ1v) is 22.9. The van der Waals surface area contributed by atoms with E-state index in [-0.39, 0.29) is 23.1 Å². The third-order valence-electron chi connectivity index (χ3n) is 15.3. The minimum atomic E-state index is -0.173. The highest BCUT2D eigenvalue weighted by atomic mass is 16.3. The van der Waals surface area contributed by atoms with Gasteiger partial charge in [-0.25, -0.2) is 0 Å². The number of nitrogens with zero attached hydrogens (tertiary/aromatic N) is 2. The quantitative estimate of drug-likeness (QED) is 0.155. The Hall–Kier alpha value is -6.98. The Kier molecular flexibility index (Phi) is 6.72. The molecule has 5 heterocycles. The van der Waals surface area contributed by atoms with Gasteiger partial charge in [0.25, 0.3) is 0 Å². The number of aromatic nitrogens is 1. The molecule has 0 saturated carbocycles. The van der Waals surface area contributed by atoms with Crippen LogP contribution in [0, 0.1) is 0 Å². The van der Waals surface area contributed by atoms with Crippen molar-refractivity contribution in [1.82, 2.24) is 4.57 Å². The Morgan fingerprint density at radius 2 is 1.14 bits per heavy atom. The van der Waals surface area contributed by atoms with Crippen LogP contribution in [-0.2, 0) is 16.2 Å². The average molecular weight is 827 g/mol. The van der Waals surface area contributed by atoms with E-state index in [1.165, 1.54) is 77.4 Å². The summed E-state index contributed by atoms with van der Waals surface area (Å²) in [5.74, 6) is 0. The van der Waals surface area contributed by atoms with Gasteiger partial charge < -0.3 is 18.2 Å². The van der Waals surface area contributed by atoms with Crippen molar-refractivity contribution in [2.45, 2.75) is 71.6 Å². The highest BCUT2D eigenvalue weighted by Gasteiger charge is 2.46. The van der Waals surface area contributed by atoms with E-state index in [4.69, 9.17) is 8.83 Å². The number of anilines is 2. The molecule has 0 fully saturated rings. The number of hydrogen-bond acceptors (Lipinski definition) is 3. The zero-order chi connectivity index (χ0) is 43.3. The van der Waals surface area contributed by atoms with E-state index in [1.807, 2.05) is 0 Å². The fraction of sp³-hybridized carbons (Fsp3) is 0.186. The molecule has 0 radical (unpaired) electrons. The molecule has 5 heteroatoms. The molecule has 14 rings (SSSR count). The van der Waals surface area contributed by atoms with Crippen LogP contribution in [0.4, 0.5) is 11.4 Å². The number of para-hydroxylation sites is 1. The van der Waals surface area contributed by atoms with Gasteiger partial charge >= 0.3 is 6.85 Å². The third kappa shape index (κ3) is 4.59. The molecule has 64 heavy (non-hydrogen) atoms. The molecular formula is C59H47BN2O2. The summed E-state index contributed by atoms with van der Waals surface area (Å²) in [7, 11) is 0. The van der Waals surface area contributed by atoms with E-state index in [9.17, 15) is 0 Å². The number of furan rings is 2. The Balaban J connectivity index is 1.14. The summed E-state index contributed by atoms with van der Waals surface area (Å²) in [5.41, 5.74) is 22.6. The highest BCUT2D eigenvalue weighted by Crippen LogP contribution is 2.52. The molecular weight excluding hydrogens is 779 g/mol. The fourth-order valence-corrected chi connectivity index (χ4v) is 11.9. The summed E-state index contributed by atoms with van der Waals surface area (Å²) >= 11 is 0. The van der Waals surface area contributed by atoms with Crippen molar-refractivity contribution >= 4 is 94.8 Å². The molecule has 308 valence electrons.